The Morgan fingerprint density at radius 3 is 2.57 bits per heavy atom. The Kier molecular flexibility index (Phi) is 5.92. The van der Waals surface area contributed by atoms with Gasteiger partial charge in [-0.3, -0.25) is 0 Å². The molecule has 2 rings (SSSR count). The van der Waals surface area contributed by atoms with Crippen molar-refractivity contribution in [2.75, 3.05) is 20.8 Å². The topological polar surface area (TPSA) is 30.5 Å². The summed E-state index contributed by atoms with van der Waals surface area (Å²) in [5, 5.41) is 3.68. The first-order valence-corrected chi connectivity index (χ1v) is 8.18. The molecule has 118 valence electrons. The van der Waals surface area contributed by atoms with E-state index in [1.807, 2.05) is 12.1 Å². The van der Waals surface area contributed by atoms with E-state index < -0.39 is 0 Å². The zero-order valence-corrected chi connectivity index (χ0v) is 13.8. The van der Waals surface area contributed by atoms with Crippen LogP contribution < -0.4 is 14.8 Å². The molecule has 0 spiro atoms. The van der Waals surface area contributed by atoms with Crippen molar-refractivity contribution in [2.24, 2.45) is 11.8 Å². The van der Waals surface area contributed by atoms with Crippen molar-refractivity contribution in [3.63, 3.8) is 0 Å². The average molecular weight is 291 g/mol. The van der Waals surface area contributed by atoms with E-state index in [-0.39, 0.29) is 0 Å². The Bertz CT molecular complexity index is 447. The molecule has 0 heterocycles. The quantitative estimate of drug-likeness (QED) is 0.817. The van der Waals surface area contributed by atoms with Crippen LogP contribution in [0.2, 0.25) is 0 Å². The minimum absolute atomic E-state index is 0.358. The van der Waals surface area contributed by atoms with Gasteiger partial charge in [0, 0.05) is 11.6 Å². The van der Waals surface area contributed by atoms with E-state index >= 15 is 0 Å². The summed E-state index contributed by atoms with van der Waals surface area (Å²) < 4.78 is 11.0. The zero-order chi connectivity index (χ0) is 15.2. The third-order valence-electron chi connectivity index (χ3n) is 4.83. The fourth-order valence-corrected chi connectivity index (χ4v) is 3.62. The normalized spacial score (nSPS) is 23.0. The van der Waals surface area contributed by atoms with Crippen LogP contribution in [0.5, 0.6) is 11.5 Å². The van der Waals surface area contributed by atoms with E-state index in [1.54, 1.807) is 14.2 Å². The molecule has 0 aliphatic heterocycles. The van der Waals surface area contributed by atoms with E-state index in [0.29, 0.717) is 12.0 Å². The van der Waals surface area contributed by atoms with Crippen LogP contribution in [0.3, 0.4) is 0 Å². The lowest BCUT2D eigenvalue weighted by atomic mass is 9.89. The SMILES string of the molecule is CCNC(c1cc(OC)ccc1OC)C1CCC(CC)C1. The fourth-order valence-electron chi connectivity index (χ4n) is 3.62. The number of ether oxygens (including phenoxy) is 2. The van der Waals surface area contributed by atoms with Crippen molar-refractivity contribution in [1.82, 2.24) is 5.32 Å². The van der Waals surface area contributed by atoms with Gasteiger partial charge in [0.2, 0.25) is 0 Å². The summed E-state index contributed by atoms with van der Waals surface area (Å²) in [6.07, 6.45) is 5.27. The number of hydrogen-bond donors (Lipinski definition) is 1. The number of rotatable bonds is 7. The Hall–Kier alpha value is -1.22. The van der Waals surface area contributed by atoms with Crippen LogP contribution >= 0.6 is 0 Å². The molecule has 1 saturated carbocycles. The van der Waals surface area contributed by atoms with Gasteiger partial charge in [-0.15, -0.1) is 0 Å². The highest BCUT2D eigenvalue weighted by Gasteiger charge is 2.32. The Balaban J connectivity index is 2.28. The molecule has 1 N–H and O–H groups in total. The summed E-state index contributed by atoms with van der Waals surface area (Å²) >= 11 is 0. The molecule has 3 nitrogen and oxygen atoms in total. The Labute approximate surface area is 129 Å². The average Bonchev–Trinajstić information content (AvgIpc) is 3.00. The van der Waals surface area contributed by atoms with Gasteiger partial charge in [-0.25, -0.2) is 0 Å². The van der Waals surface area contributed by atoms with Gasteiger partial charge in [-0.1, -0.05) is 26.7 Å². The summed E-state index contributed by atoms with van der Waals surface area (Å²) in [5.74, 6) is 3.43. The highest BCUT2D eigenvalue weighted by atomic mass is 16.5. The van der Waals surface area contributed by atoms with Gasteiger partial charge in [0.05, 0.1) is 14.2 Å². The molecule has 0 radical (unpaired) electrons. The number of methoxy groups -OCH3 is 2. The van der Waals surface area contributed by atoms with E-state index in [2.05, 4.69) is 25.2 Å². The lowest BCUT2D eigenvalue weighted by Gasteiger charge is -2.27. The molecule has 1 aliphatic rings. The minimum Gasteiger partial charge on any atom is -0.497 e. The second-order valence-electron chi connectivity index (χ2n) is 5.99. The number of benzene rings is 1. The lowest BCUT2D eigenvalue weighted by molar-refractivity contribution is 0.337. The van der Waals surface area contributed by atoms with Gasteiger partial charge in [0.15, 0.2) is 0 Å². The zero-order valence-electron chi connectivity index (χ0n) is 13.8. The van der Waals surface area contributed by atoms with Gasteiger partial charge in [0.25, 0.3) is 0 Å². The molecule has 0 amide bonds. The Morgan fingerprint density at radius 2 is 2.00 bits per heavy atom. The van der Waals surface area contributed by atoms with Crippen LogP contribution in [0, 0.1) is 11.8 Å². The van der Waals surface area contributed by atoms with E-state index in [0.717, 1.165) is 24.0 Å². The molecule has 1 fully saturated rings. The van der Waals surface area contributed by atoms with Crippen molar-refractivity contribution in [1.29, 1.82) is 0 Å². The van der Waals surface area contributed by atoms with Crippen molar-refractivity contribution >= 4 is 0 Å². The predicted octanol–water partition coefficient (Wildman–Crippen LogP) is 4.18. The summed E-state index contributed by atoms with van der Waals surface area (Å²) in [5.41, 5.74) is 1.24. The maximum atomic E-state index is 5.59. The first-order valence-electron chi connectivity index (χ1n) is 8.18. The largest absolute Gasteiger partial charge is 0.497 e. The van der Waals surface area contributed by atoms with Gasteiger partial charge in [-0.2, -0.15) is 0 Å². The van der Waals surface area contributed by atoms with Crippen LogP contribution in [0.25, 0.3) is 0 Å². The van der Waals surface area contributed by atoms with E-state index in [1.165, 1.54) is 31.2 Å². The van der Waals surface area contributed by atoms with Gasteiger partial charge in [0.1, 0.15) is 11.5 Å². The molecule has 3 unspecified atom stereocenters. The standard InChI is InChI=1S/C18H29NO2/c1-5-13-7-8-14(11-13)18(19-6-2)16-12-15(20-3)9-10-17(16)21-4/h9-10,12-14,18-19H,5-8,11H2,1-4H3. The first-order chi connectivity index (χ1) is 10.2. The molecular formula is C18H29NO2. The third-order valence-corrected chi connectivity index (χ3v) is 4.83. The molecule has 3 atom stereocenters. The van der Waals surface area contributed by atoms with Crippen LogP contribution in [0.1, 0.15) is 51.1 Å². The van der Waals surface area contributed by atoms with Crippen molar-refractivity contribution in [3.8, 4) is 11.5 Å². The van der Waals surface area contributed by atoms with Gasteiger partial charge < -0.3 is 14.8 Å². The smallest absolute Gasteiger partial charge is 0.123 e. The van der Waals surface area contributed by atoms with Gasteiger partial charge in [-0.05, 0) is 49.4 Å². The van der Waals surface area contributed by atoms with E-state index in [4.69, 9.17) is 9.47 Å². The summed E-state index contributed by atoms with van der Waals surface area (Å²) in [6.45, 7) is 5.45. The molecule has 0 aromatic heterocycles. The molecule has 3 heteroatoms. The van der Waals surface area contributed by atoms with Crippen LogP contribution in [0.15, 0.2) is 18.2 Å². The fraction of sp³-hybridized carbons (Fsp3) is 0.667. The van der Waals surface area contributed by atoms with Crippen LogP contribution in [-0.4, -0.2) is 20.8 Å². The molecule has 0 saturated heterocycles. The van der Waals surface area contributed by atoms with Gasteiger partial charge >= 0.3 is 0 Å². The molecule has 1 aliphatic carbocycles. The maximum absolute atomic E-state index is 5.59. The second kappa shape index (κ2) is 7.69. The van der Waals surface area contributed by atoms with Crippen molar-refractivity contribution in [2.45, 2.75) is 45.6 Å². The number of nitrogens with one attached hydrogen (secondary N) is 1. The molecular weight excluding hydrogens is 262 g/mol. The molecule has 1 aromatic carbocycles. The first kappa shape index (κ1) is 16.2. The second-order valence-corrected chi connectivity index (χ2v) is 5.99. The van der Waals surface area contributed by atoms with Crippen molar-refractivity contribution in [3.05, 3.63) is 23.8 Å². The van der Waals surface area contributed by atoms with Crippen molar-refractivity contribution < 1.29 is 9.47 Å². The highest BCUT2D eigenvalue weighted by molar-refractivity contribution is 5.42. The number of hydrogen-bond acceptors (Lipinski definition) is 3. The Morgan fingerprint density at radius 1 is 1.19 bits per heavy atom. The van der Waals surface area contributed by atoms with Crippen LogP contribution in [-0.2, 0) is 0 Å². The van der Waals surface area contributed by atoms with Crippen LogP contribution in [0.4, 0.5) is 0 Å². The summed E-state index contributed by atoms with van der Waals surface area (Å²) in [6, 6.07) is 6.47. The predicted molar refractivity (Wildman–Crippen MR) is 87.1 cm³/mol. The lowest BCUT2D eigenvalue weighted by Crippen LogP contribution is -2.27. The molecule has 0 bridgehead atoms. The molecule has 1 aromatic rings. The summed E-state index contributed by atoms with van der Waals surface area (Å²) in [7, 11) is 3.47. The minimum atomic E-state index is 0.358. The van der Waals surface area contributed by atoms with E-state index in [9.17, 15) is 0 Å². The third kappa shape index (κ3) is 3.70. The highest BCUT2D eigenvalue weighted by Crippen LogP contribution is 2.43. The maximum Gasteiger partial charge on any atom is 0.123 e. The monoisotopic (exact) mass is 291 g/mol. The molecule has 21 heavy (non-hydrogen) atoms. The summed E-state index contributed by atoms with van der Waals surface area (Å²) in [4.78, 5) is 0.